The van der Waals surface area contributed by atoms with Crippen molar-refractivity contribution in [3.05, 3.63) is 57.6 Å². The number of benzene rings is 2. The van der Waals surface area contributed by atoms with E-state index < -0.39 is 23.4 Å². The highest BCUT2D eigenvalue weighted by Crippen LogP contribution is 2.28. The molecule has 0 fully saturated rings. The summed E-state index contributed by atoms with van der Waals surface area (Å²) in [5.41, 5.74) is 2.33. The van der Waals surface area contributed by atoms with Gasteiger partial charge in [-0.2, -0.15) is 0 Å². The van der Waals surface area contributed by atoms with Crippen LogP contribution in [0.25, 0.3) is 0 Å². The van der Waals surface area contributed by atoms with Gasteiger partial charge in [-0.05, 0) is 43.2 Å². The first-order valence-corrected chi connectivity index (χ1v) is 9.76. The predicted molar refractivity (Wildman–Crippen MR) is 110 cm³/mol. The third-order valence-corrected chi connectivity index (χ3v) is 5.08. The fourth-order valence-corrected chi connectivity index (χ4v) is 3.30. The summed E-state index contributed by atoms with van der Waals surface area (Å²) in [6.45, 7) is 3.58. The number of nitrogens with zero attached hydrogens (tertiary/aromatic N) is 1. The van der Waals surface area contributed by atoms with Gasteiger partial charge in [0.2, 0.25) is 0 Å². The molecule has 0 unspecified atom stereocenters. The van der Waals surface area contributed by atoms with Crippen molar-refractivity contribution in [1.29, 1.82) is 0 Å². The lowest BCUT2D eigenvalue weighted by Crippen LogP contribution is -2.21. The maximum Gasteiger partial charge on any atom is 0.307 e. The zero-order valence-electron chi connectivity index (χ0n) is 16.4. The molecule has 0 aliphatic heterocycles. The van der Waals surface area contributed by atoms with E-state index in [0.29, 0.717) is 5.75 Å². The number of carbonyl (C=O) groups is 2. The standard InChI is InChI=1S/C20H22N2O6S/c1-13-4-6-16(10-14(13)2)29-9-8-20(24)28-12-19(23)21-17-11-15(22(25)26)5-7-18(17)27-3/h4-7,10-11H,8-9,12H2,1-3H3,(H,21,23). The van der Waals surface area contributed by atoms with Crippen LogP contribution in [0.15, 0.2) is 41.3 Å². The number of non-ortho nitro benzene ring substituents is 1. The molecule has 29 heavy (non-hydrogen) atoms. The fourth-order valence-electron chi connectivity index (χ4n) is 2.37. The van der Waals surface area contributed by atoms with Gasteiger partial charge in [0.25, 0.3) is 11.6 Å². The molecule has 1 N–H and O–H groups in total. The van der Waals surface area contributed by atoms with E-state index in [0.717, 1.165) is 4.90 Å². The lowest BCUT2D eigenvalue weighted by atomic mass is 10.1. The van der Waals surface area contributed by atoms with Crippen LogP contribution in [0, 0.1) is 24.0 Å². The number of nitrogens with one attached hydrogen (secondary N) is 1. The molecule has 0 aliphatic carbocycles. The fraction of sp³-hybridized carbons (Fsp3) is 0.300. The van der Waals surface area contributed by atoms with Gasteiger partial charge < -0.3 is 14.8 Å². The molecule has 0 atom stereocenters. The summed E-state index contributed by atoms with van der Waals surface area (Å²) in [7, 11) is 1.38. The number of thioether (sulfide) groups is 1. The Bertz CT molecular complexity index is 916. The number of hydrogen-bond acceptors (Lipinski definition) is 7. The van der Waals surface area contributed by atoms with Crippen molar-refractivity contribution in [2.75, 3.05) is 24.8 Å². The highest BCUT2D eigenvalue weighted by molar-refractivity contribution is 7.99. The average Bonchev–Trinajstić information content (AvgIpc) is 2.69. The summed E-state index contributed by atoms with van der Waals surface area (Å²) in [5, 5.41) is 13.3. The number of nitro groups is 1. The molecule has 0 saturated heterocycles. The van der Waals surface area contributed by atoms with Crippen molar-refractivity contribution >= 4 is 35.0 Å². The molecule has 0 radical (unpaired) electrons. The third kappa shape index (κ3) is 6.79. The van der Waals surface area contributed by atoms with Gasteiger partial charge in [0, 0.05) is 22.8 Å². The van der Waals surface area contributed by atoms with Crippen LogP contribution in [-0.4, -0.2) is 36.3 Å². The lowest BCUT2D eigenvalue weighted by Gasteiger charge is -2.10. The Balaban J connectivity index is 1.79. The molecule has 2 aromatic rings. The molecule has 0 aliphatic rings. The maximum absolute atomic E-state index is 12.0. The first kappa shape index (κ1) is 22.2. The van der Waals surface area contributed by atoms with Gasteiger partial charge in [-0.15, -0.1) is 11.8 Å². The number of ether oxygens (including phenoxy) is 2. The number of aryl methyl sites for hydroxylation is 2. The average molecular weight is 418 g/mol. The van der Waals surface area contributed by atoms with Gasteiger partial charge in [0.15, 0.2) is 6.61 Å². The quantitative estimate of drug-likeness (QED) is 0.285. The molecule has 0 spiro atoms. The molecule has 9 heteroatoms. The first-order valence-electron chi connectivity index (χ1n) is 8.78. The number of nitro benzene ring substituents is 1. The van der Waals surface area contributed by atoms with Crippen LogP contribution in [0.3, 0.4) is 0 Å². The molecule has 8 nitrogen and oxygen atoms in total. The second-order valence-electron chi connectivity index (χ2n) is 6.20. The maximum atomic E-state index is 12.0. The third-order valence-electron chi connectivity index (χ3n) is 4.09. The van der Waals surface area contributed by atoms with E-state index in [1.807, 2.05) is 26.0 Å². The zero-order valence-corrected chi connectivity index (χ0v) is 17.2. The molecule has 154 valence electrons. The lowest BCUT2D eigenvalue weighted by molar-refractivity contribution is -0.384. The molecule has 2 aromatic carbocycles. The first-order chi connectivity index (χ1) is 13.8. The van der Waals surface area contributed by atoms with Crippen LogP contribution in [0.2, 0.25) is 0 Å². The van der Waals surface area contributed by atoms with Crippen LogP contribution in [0.1, 0.15) is 17.5 Å². The summed E-state index contributed by atoms with van der Waals surface area (Å²) in [6, 6.07) is 9.91. The second kappa shape index (κ2) is 10.5. The van der Waals surface area contributed by atoms with Crippen molar-refractivity contribution in [3.8, 4) is 5.75 Å². The minimum atomic E-state index is -0.612. The molecular weight excluding hydrogens is 396 g/mol. The molecular formula is C20H22N2O6S. The Morgan fingerprint density at radius 3 is 2.55 bits per heavy atom. The number of amides is 1. The smallest absolute Gasteiger partial charge is 0.307 e. The van der Waals surface area contributed by atoms with Crippen LogP contribution in [-0.2, 0) is 14.3 Å². The van der Waals surface area contributed by atoms with Crippen molar-refractivity contribution in [2.45, 2.75) is 25.2 Å². The van der Waals surface area contributed by atoms with E-state index >= 15 is 0 Å². The van der Waals surface area contributed by atoms with Crippen LogP contribution < -0.4 is 10.1 Å². The molecule has 2 rings (SSSR count). The van der Waals surface area contributed by atoms with Crippen molar-refractivity contribution in [1.82, 2.24) is 0 Å². The van der Waals surface area contributed by atoms with Crippen LogP contribution >= 0.6 is 11.8 Å². The largest absolute Gasteiger partial charge is 0.495 e. The van der Waals surface area contributed by atoms with E-state index in [2.05, 4.69) is 11.4 Å². The summed E-state index contributed by atoms with van der Waals surface area (Å²) < 4.78 is 10.0. The highest BCUT2D eigenvalue weighted by Gasteiger charge is 2.15. The number of carbonyl (C=O) groups excluding carboxylic acids is 2. The normalized spacial score (nSPS) is 10.3. The zero-order chi connectivity index (χ0) is 21.4. The van der Waals surface area contributed by atoms with Gasteiger partial charge in [0.1, 0.15) is 5.75 Å². The SMILES string of the molecule is COc1ccc([N+](=O)[O-])cc1NC(=O)COC(=O)CCSc1ccc(C)c(C)c1. The Hall–Kier alpha value is -3.07. The molecule has 1 amide bonds. The Morgan fingerprint density at radius 1 is 1.14 bits per heavy atom. The van der Waals surface area contributed by atoms with Gasteiger partial charge in [-0.1, -0.05) is 6.07 Å². The molecule has 0 aromatic heterocycles. The number of methoxy groups -OCH3 is 1. The van der Waals surface area contributed by atoms with E-state index in [-0.39, 0.29) is 23.5 Å². The summed E-state index contributed by atoms with van der Waals surface area (Å²) in [4.78, 5) is 35.2. The minimum absolute atomic E-state index is 0.132. The number of anilines is 1. The van der Waals surface area contributed by atoms with Gasteiger partial charge in [-0.25, -0.2) is 0 Å². The Kier molecular flexibility index (Phi) is 8.02. The van der Waals surface area contributed by atoms with E-state index in [1.54, 1.807) is 0 Å². The predicted octanol–water partition coefficient (Wildman–Crippen LogP) is 3.88. The summed E-state index contributed by atoms with van der Waals surface area (Å²) >= 11 is 1.54. The number of hydrogen-bond donors (Lipinski definition) is 1. The number of rotatable bonds is 9. The van der Waals surface area contributed by atoms with Gasteiger partial charge in [-0.3, -0.25) is 19.7 Å². The Morgan fingerprint density at radius 2 is 1.90 bits per heavy atom. The van der Waals surface area contributed by atoms with Gasteiger partial charge in [0.05, 0.1) is 24.1 Å². The summed E-state index contributed by atoms with van der Waals surface area (Å²) in [5.74, 6) is -0.316. The topological polar surface area (TPSA) is 108 Å². The monoisotopic (exact) mass is 418 g/mol. The minimum Gasteiger partial charge on any atom is -0.495 e. The van der Waals surface area contributed by atoms with Crippen molar-refractivity contribution < 1.29 is 24.0 Å². The Labute approximate surface area is 172 Å². The molecule has 0 bridgehead atoms. The summed E-state index contributed by atoms with van der Waals surface area (Å²) in [6.07, 6.45) is 0.158. The van der Waals surface area contributed by atoms with E-state index in [9.17, 15) is 19.7 Å². The highest BCUT2D eigenvalue weighted by atomic mass is 32.2. The van der Waals surface area contributed by atoms with E-state index in [1.165, 1.54) is 48.2 Å². The van der Waals surface area contributed by atoms with Crippen molar-refractivity contribution in [2.24, 2.45) is 0 Å². The number of esters is 1. The van der Waals surface area contributed by atoms with E-state index in [4.69, 9.17) is 9.47 Å². The van der Waals surface area contributed by atoms with Crippen LogP contribution in [0.5, 0.6) is 5.75 Å². The molecule has 0 heterocycles. The second-order valence-corrected chi connectivity index (χ2v) is 7.36. The van der Waals surface area contributed by atoms with Crippen molar-refractivity contribution in [3.63, 3.8) is 0 Å². The van der Waals surface area contributed by atoms with Crippen LogP contribution in [0.4, 0.5) is 11.4 Å². The van der Waals surface area contributed by atoms with Gasteiger partial charge >= 0.3 is 5.97 Å². The molecule has 0 saturated carbocycles.